The normalized spacial score (nSPS) is 14.6. The zero-order valence-corrected chi connectivity index (χ0v) is 8.76. The number of thiol groups is 1. The number of carboxylic acids is 1. The summed E-state index contributed by atoms with van der Waals surface area (Å²) in [6.07, 6.45) is -1.99. The third-order valence-corrected chi connectivity index (χ3v) is 2.42. The maximum absolute atomic E-state index is 10.5. The molecule has 0 amide bonds. The van der Waals surface area contributed by atoms with E-state index in [0.29, 0.717) is 5.56 Å². The lowest BCUT2D eigenvalue weighted by atomic mass is 10.0. The second-order valence-corrected chi connectivity index (χ2v) is 3.49. The summed E-state index contributed by atoms with van der Waals surface area (Å²) in [7, 11) is 0. The molecule has 0 spiro atoms. The van der Waals surface area contributed by atoms with Gasteiger partial charge in [-0.3, -0.25) is 0 Å². The zero-order valence-electron chi connectivity index (χ0n) is 7.87. The molecule has 1 rings (SSSR count). The standard InChI is InChI=1S/C10H12O4S/c11-8(5-15)9(12)6-1-3-7(4-2-6)10(13)14/h1-4,8-9,11-12,15H,5H2,(H,13,14). The predicted molar refractivity (Wildman–Crippen MR) is 58.2 cm³/mol. The summed E-state index contributed by atoms with van der Waals surface area (Å²) in [5.74, 6) is -0.882. The van der Waals surface area contributed by atoms with Crippen molar-refractivity contribution >= 4 is 18.6 Å². The van der Waals surface area contributed by atoms with Crippen molar-refractivity contribution in [1.29, 1.82) is 0 Å². The van der Waals surface area contributed by atoms with Crippen molar-refractivity contribution in [3.8, 4) is 0 Å². The number of carboxylic acid groups (broad SMARTS) is 1. The van der Waals surface area contributed by atoms with Gasteiger partial charge in [0.25, 0.3) is 0 Å². The first-order chi connectivity index (χ1) is 7.06. The van der Waals surface area contributed by atoms with Crippen LogP contribution in [0.4, 0.5) is 0 Å². The number of hydrogen-bond donors (Lipinski definition) is 4. The highest BCUT2D eigenvalue weighted by molar-refractivity contribution is 7.80. The molecule has 2 atom stereocenters. The smallest absolute Gasteiger partial charge is 0.335 e. The lowest BCUT2D eigenvalue weighted by Crippen LogP contribution is -2.19. The van der Waals surface area contributed by atoms with E-state index in [1.54, 1.807) is 0 Å². The summed E-state index contributed by atoms with van der Waals surface area (Å²) in [4.78, 5) is 10.5. The summed E-state index contributed by atoms with van der Waals surface area (Å²) in [5, 5.41) is 27.5. The molecule has 0 aliphatic carbocycles. The monoisotopic (exact) mass is 228 g/mol. The van der Waals surface area contributed by atoms with Gasteiger partial charge < -0.3 is 15.3 Å². The Hall–Kier alpha value is -1.04. The molecule has 4 nitrogen and oxygen atoms in total. The Morgan fingerprint density at radius 2 is 1.80 bits per heavy atom. The minimum Gasteiger partial charge on any atom is -0.478 e. The Balaban J connectivity index is 2.84. The lowest BCUT2D eigenvalue weighted by Gasteiger charge is -2.15. The topological polar surface area (TPSA) is 77.8 Å². The number of carbonyl (C=O) groups is 1. The largest absolute Gasteiger partial charge is 0.478 e. The molecule has 15 heavy (non-hydrogen) atoms. The third kappa shape index (κ3) is 2.95. The average molecular weight is 228 g/mol. The summed E-state index contributed by atoms with van der Waals surface area (Å²) in [6.45, 7) is 0. The van der Waals surface area contributed by atoms with E-state index in [1.807, 2.05) is 0 Å². The molecule has 0 saturated heterocycles. The Labute approximate surface area is 92.6 Å². The highest BCUT2D eigenvalue weighted by atomic mass is 32.1. The molecular formula is C10H12O4S. The van der Waals surface area contributed by atoms with E-state index >= 15 is 0 Å². The van der Waals surface area contributed by atoms with Gasteiger partial charge in [0.15, 0.2) is 0 Å². The first-order valence-corrected chi connectivity index (χ1v) is 4.99. The van der Waals surface area contributed by atoms with Gasteiger partial charge in [-0.1, -0.05) is 12.1 Å². The Morgan fingerprint density at radius 1 is 1.27 bits per heavy atom. The maximum Gasteiger partial charge on any atom is 0.335 e. The molecule has 0 saturated carbocycles. The molecule has 3 N–H and O–H groups in total. The first-order valence-electron chi connectivity index (χ1n) is 4.36. The number of rotatable bonds is 4. The summed E-state index contributed by atoms with van der Waals surface area (Å²) < 4.78 is 0. The van der Waals surface area contributed by atoms with Gasteiger partial charge in [-0.15, -0.1) is 0 Å². The van der Waals surface area contributed by atoms with E-state index in [0.717, 1.165) is 0 Å². The Morgan fingerprint density at radius 3 is 2.20 bits per heavy atom. The van der Waals surface area contributed by atoms with Crippen LogP contribution in [0.25, 0.3) is 0 Å². The van der Waals surface area contributed by atoms with Crippen LogP contribution >= 0.6 is 12.6 Å². The van der Waals surface area contributed by atoms with Crippen LogP contribution in [0.5, 0.6) is 0 Å². The van der Waals surface area contributed by atoms with Crippen LogP contribution in [0.2, 0.25) is 0 Å². The van der Waals surface area contributed by atoms with Crippen LogP contribution in [0, 0.1) is 0 Å². The predicted octanol–water partition coefficient (Wildman–Crippen LogP) is 0.709. The lowest BCUT2D eigenvalue weighted by molar-refractivity contribution is 0.0337. The number of hydrogen-bond acceptors (Lipinski definition) is 4. The molecule has 5 heteroatoms. The third-order valence-electron chi connectivity index (χ3n) is 2.05. The number of benzene rings is 1. The van der Waals surface area contributed by atoms with Crippen LogP contribution in [-0.2, 0) is 0 Å². The van der Waals surface area contributed by atoms with E-state index in [4.69, 9.17) is 5.11 Å². The average Bonchev–Trinajstić information content (AvgIpc) is 2.27. The zero-order chi connectivity index (χ0) is 11.4. The molecule has 0 aliphatic rings. The van der Waals surface area contributed by atoms with E-state index in [2.05, 4.69) is 12.6 Å². The molecule has 0 heterocycles. The highest BCUT2D eigenvalue weighted by Crippen LogP contribution is 2.18. The van der Waals surface area contributed by atoms with Gasteiger partial charge in [0.05, 0.1) is 11.7 Å². The first kappa shape index (κ1) is 12.0. The number of aliphatic hydroxyl groups excluding tert-OH is 2. The molecule has 2 unspecified atom stereocenters. The molecule has 0 bridgehead atoms. The summed E-state index contributed by atoms with van der Waals surface area (Å²) in [6, 6.07) is 5.71. The summed E-state index contributed by atoms with van der Waals surface area (Å²) >= 11 is 3.85. The van der Waals surface area contributed by atoms with E-state index in [1.165, 1.54) is 24.3 Å². The van der Waals surface area contributed by atoms with Crippen molar-refractivity contribution < 1.29 is 20.1 Å². The van der Waals surface area contributed by atoms with E-state index in [9.17, 15) is 15.0 Å². The van der Waals surface area contributed by atoms with Gasteiger partial charge in [-0.25, -0.2) is 4.79 Å². The van der Waals surface area contributed by atoms with Crippen LogP contribution in [-0.4, -0.2) is 33.1 Å². The van der Waals surface area contributed by atoms with E-state index < -0.39 is 18.2 Å². The fourth-order valence-corrected chi connectivity index (χ4v) is 1.34. The molecular weight excluding hydrogens is 216 g/mol. The van der Waals surface area contributed by atoms with Gasteiger partial charge in [0.1, 0.15) is 6.10 Å². The Bertz CT molecular complexity index is 336. The second-order valence-electron chi connectivity index (χ2n) is 3.12. The van der Waals surface area contributed by atoms with Gasteiger partial charge in [-0.05, 0) is 17.7 Å². The van der Waals surface area contributed by atoms with Crippen molar-refractivity contribution in [1.82, 2.24) is 0 Å². The van der Waals surface area contributed by atoms with Crippen molar-refractivity contribution in [3.05, 3.63) is 35.4 Å². The van der Waals surface area contributed by atoms with Crippen molar-refractivity contribution in [2.75, 3.05) is 5.75 Å². The molecule has 0 fully saturated rings. The minimum absolute atomic E-state index is 0.141. The summed E-state index contributed by atoms with van der Waals surface area (Å²) in [5.41, 5.74) is 0.618. The number of aromatic carboxylic acids is 1. The van der Waals surface area contributed by atoms with Gasteiger partial charge in [-0.2, -0.15) is 12.6 Å². The van der Waals surface area contributed by atoms with Crippen LogP contribution < -0.4 is 0 Å². The second kappa shape index (κ2) is 5.16. The highest BCUT2D eigenvalue weighted by Gasteiger charge is 2.16. The molecule has 0 radical (unpaired) electrons. The van der Waals surface area contributed by atoms with Crippen LogP contribution in [0.3, 0.4) is 0 Å². The molecule has 0 aromatic heterocycles. The SMILES string of the molecule is O=C(O)c1ccc(C(O)C(O)CS)cc1. The minimum atomic E-state index is -1.04. The molecule has 82 valence electrons. The molecule has 0 aliphatic heterocycles. The van der Waals surface area contributed by atoms with Crippen molar-refractivity contribution in [2.45, 2.75) is 12.2 Å². The van der Waals surface area contributed by atoms with Gasteiger partial charge >= 0.3 is 5.97 Å². The molecule has 1 aromatic rings. The maximum atomic E-state index is 10.5. The fourth-order valence-electron chi connectivity index (χ4n) is 1.14. The quantitative estimate of drug-likeness (QED) is 0.572. The van der Waals surface area contributed by atoms with Crippen molar-refractivity contribution in [3.63, 3.8) is 0 Å². The number of aliphatic hydroxyl groups is 2. The fraction of sp³-hybridized carbons (Fsp3) is 0.300. The van der Waals surface area contributed by atoms with Gasteiger partial charge in [0, 0.05) is 5.75 Å². The van der Waals surface area contributed by atoms with Crippen molar-refractivity contribution in [2.24, 2.45) is 0 Å². The van der Waals surface area contributed by atoms with Gasteiger partial charge in [0.2, 0.25) is 0 Å². The van der Waals surface area contributed by atoms with Crippen LogP contribution in [0.1, 0.15) is 22.0 Å². The Kier molecular flexibility index (Phi) is 4.14. The van der Waals surface area contributed by atoms with E-state index in [-0.39, 0.29) is 11.3 Å². The molecule has 1 aromatic carbocycles. The van der Waals surface area contributed by atoms with Crippen LogP contribution in [0.15, 0.2) is 24.3 Å².